The molecule has 3 rings (SSSR count). The predicted octanol–water partition coefficient (Wildman–Crippen LogP) is 3.32. The van der Waals surface area contributed by atoms with Crippen LogP contribution in [0.25, 0.3) is 0 Å². The first-order valence-electron chi connectivity index (χ1n) is 9.84. The number of nitrogens with zero attached hydrogens (tertiary/aromatic N) is 3. The van der Waals surface area contributed by atoms with Crippen molar-refractivity contribution in [3.63, 3.8) is 0 Å². The first-order valence-corrected chi connectivity index (χ1v) is 9.84. The van der Waals surface area contributed by atoms with Crippen molar-refractivity contribution >= 4 is 11.6 Å². The molecule has 0 spiro atoms. The van der Waals surface area contributed by atoms with E-state index in [2.05, 4.69) is 27.3 Å². The number of rotatable bonds is 5. The van der Waals surface area contributed by atoms with Crippen LogP contribution in [0.3, 0.4) is 0 Å². The van der Waals surface area contributed by atoms with Crippen LogP contribution in [-0.2, 0) is 11.3 Å². The van der Waals surface area contributed by atoms with Crippen LogP contribution in [-0.4, -0.2) is 48.4 Å². The van der Waals surface area contributed by atoms with Crippen LogP contribution >= 0.6 is 0 Å². The number of carbonyl (C=O) groups is 1. The van der Waals surface area contributed by atoms with Crippen molar-refractivity contribution in [1.82, 2.24) is 9.80 Å². The zero-order valence-electron chi connectivity index (χ0n) is 16.7. The second-order valence-corrected chi connectivity index (χ2v) is 7.58. The molecule has 0 unspecified atom stereocenters. The van der Waals surface area contributed by atoms with Gasteiger partial charge in [-0.2, -0.15) is 5.26 Å². The second-order valence-electron chi connectivity index (χ2n) is 7.58. The fourth-order valence-electron chi connectivity index (χ4n) is 3.55. The van der Waals surface area contributed by atoms with E-state index >= 15 is 0 Å². The smallest absolute Gasteiger partial charge is 0.238 e. The summed E-state index contributed by atoms with van der Waals surface area (Å²) < 4.78 is 0. The van der Waals surface area contributed by atoms with Crippen LogP contribution in [0.4, 0.5) is 5.69 Å². The minimum atomic E-state index is 0.0502. The molecule has 146 valence electrons. The predicted molar refractivity (Wildman–Crippen MR) is 112 cm³/mol. The lowest BCUT2D eigenvalue weighted by molar-refractivity contribution is -0.117. The van der Waals surface area contributed by atoms with Crippen molar-refractivity contribution in [3.05, 3.63) is 64.7 Å². The molecule has 1 aliphatic heterocycles. The van der Waals surface area contributed by atoms with Crippen molar-refractivity contribution in [3.8, 4) is 6.07 Å². The maximum atomic E-state index is 12.5. The molecular weight excluding hydrogens is 348 g/mol. The molecule has 0 atom stereocenters. The van der Waals surface area contributed by atoms with Gasteiger partial charge >= 0.3 is 0 Å². The molecule has 1 heterocycles. The molecule has 2 aromatic carbocycles. The molecule has 1 saturated heterocycles. The van der Waals surface area contributed by atoms with E-state index in [-0.39, 0.29) is 5.91 Å². The summed E-state index contributed by atoms with van der Waals surface area (Å²) in [7, 11) is 0. The summed E-state index contributed by atoms with van der Waals surface area (Å²) in [6.07, 6.45) is 1.05. The lowest BCUT2D eigenvalue weighted by Crippen LogP contribution is -2.36. The van der Waals surface area contributed by atoms with Gasteiger partial charge in [0, 0.05) is 25.3 Å². The summed E-state index contributed by atoms with van der Waals surface area (Å²) in [4.78, 5) is 17.2. The Labute approximate surface area is 167 Å². The Hall–Kier alpha value is -2.68. The molecule has 5 nitrogen and oxygen atoms in total. The van der Waals surface area contributed by atoms with E-state index in [0.29, 0.717) is 12.1 Å². The summed E-state index contributed by atoms with van der Waals surface area (Å²) in [6, 6.07) is 16.1. The number of benzene rings is 2. The second kappa shape index (κ2) is 9.50. The molecular formula is C23H28N4O. The van der Waals surface area contributed by atoms with E-state index < -0.39 is 0 Å². The van der Waals surface area contributed by atoms with E-state index in [0.717, 1.165) is 56.0 Å². The summed E-state index contributed by atoms with van der Waals surface area (Å²) in [5.74, 6) is 0.0502. The Balaban J connectivity index is 1.49. The fourth-order valence-corrected chi connectivity index (χ4v) is 3.55. The van der Waals surface area contributed by atoms with Crippen molar-refractivity contribution in [2.75, 3.05) is 38.0 Å². The van der Waals surface area contributed by atoms with E-state index in [1.54, 1.807) is 0 Å². The number of aryl methyl sites for hydroxylation is 2. The third-order valence-corrected chi connectivity index (χ3v) is 5.20. The molecule has 0 aliphatic carbocycles. The maximum Gasteiger partial charge on any atom is 0.238 e. The van der Waals surface area contributed by atoms with Gasteiger partial charge in [0.1, 0.15) is 0 Å². The van der Waals surface area contributed by atoms with Gasteiger partial charge in [-0.25, -0.2) is 0 Å². The number of nitrogens with one attached hydrogen (secondary N) is 1. The summed E-state index contributed by atoms with van der Waals surface area (Å²) >= 11 is 0. The Morgan fingerprint density at radius 2 is 1.75 bits per heavy atom. The average Bonchev–Trinajstić information content (AvgIpc) is 2.90. The van der Waals surface area contributed by atoms with Gasteiger partial charge in [-0.15, -0.1) is 0 Å². The number of hydrogen-bond acceptors (Lipinski definition) is 4. The Morgan fingerprint density at radius 1 is 1.04 bits per heavy atom. The molecule has 0 aromatic heterocycles. The topological polar surface area (TPSA) is 59.4 Å². The Kier molecular flexibility index (Phi) is 6.80. The highest BCUT2D eigenvalue weighted by Crippen LogP contribution is 2.16. The van der Waals surface area contributed by atoms with Gasteiger partial charge in [-0.05, 0) is 68.2 Å². The van der Waals surface area contributed by atoms with Crippen LogP contribution in [0.15, 0.2) is 42.5 Å². The zero-order valence-corrected chi connectivity index (χ0v) is 16.7. The van der Waals surface area contributed by atoms with Crippen molar-refractivity contribution < 1.29 is 4.79 Å². The summed E-state index contributed by atoms with van der Waals surface area (Å²) in [5, 5.41) is 12.0. The molecule has 0 radical (unpaired) electrons. The Bertz CT molecular complexity index is 854. The van der Waals surface area contributed by atoms with Gasteiger partial charge in [0.2, 0.25) is 5.91 Å². The standard InChI is InChI=1S/C23H28N4O/c1-18-4-5-19(2)22(14-18)25-23(28)17-27-11-3-10-26(12-13-27)16-21-8-6-20(15-24)7-9-21/h4-9,14H,3,10-13,16-17H2,1-2H3,(H,25,28). The number of anilines is 1. The normalized spacial score (nSPS) is 15.6. The summed E-state index contributed by atoms with van der Waals surface area (Å²) in [5.41, 5.74) is 5.06. The highest BCUT2D eigenvalue weighted by atomic mass is 16.2. The first kappa shape index (κ1) is 20.1. The molecule has 0 saturated carbocycles. The number of nitriles is 1. The number of amides is 1. The quantitative estimate of drug-likeness (QED) is 0.870. The molecule has 0 bridgehead atoms. The maximum absolute atomic E-state index is 12.5. The zero-order chi connectivity index (χ0) is 19.9. The van der Waals surface area contributed by atoms with Gasteiger partial charge in [0.15, 0.2) is 0 Å². The largest absolute Gasteiger partial charge is 0.325 e. The minimum Gasteiger partial charge on any atom is -0.325 e. The SMILES string of the molecule is Cc1ccc(C)c(NC(=O)CN2CCCN(Cc3ccc(C#N)cc3)CC2)c1. The molecule has 2 aromatic rings. The van der Waals surface area contributed by atoms with Crippen LogP contribution in [0.5, 0.6) is 0 Å². The van der Waals surface area contributed by atoms with E-state index in [9.17, 15) is 4.79 Å². The van der Waals surface area contributed by atoms with Crippen molar-refractivity contribution in [1.29, 1.82) is 5.26 Å². The molecule has 5 heteroatoms. The molecule has 1 aliphatic rings. The third kappa shape index (κ3) is 5.66. The molecule has 28 heavy (non-hydrogen) atoms. The number of hydrogen-bond donors (Lipinski definition) is 1. The van der Waals surface area contributed by atoms with Gasteiger partial charge in [-0.1, -0.05) is 24.3 Å². The van der Waals surface area contributed by atoms with Crippen molar-refractivity contribution in [2.45, 2.75) is 26.8 Å². The molecule has 1 fully saturated rings. The minimum absolute atomic E-state index is 0.0502. The monoisotopic (exact) mass is 376 g/mol. The molecule has 1 amide bonds. The van der Waals surface area contributed by atoms with E-state index in [4.69, 9.17) is 5.26 Å². The highest BCUT2D eigenvalue weighted by Gasteiger charge is 2.17. The van der Waals surface area contributed by atoms with Crippen LogP contribution in [0.1, 0.15) is 28.7 Å². The van der Waals surface area contributed by atoms with Crippen molar-refractivity contribution in [2.24, 2.45) is 0 Å². The van der Waals surface area contributed by atoms with Gasteiger partial charge < -0.3 is 5.32 Å². The van der Waals surface area contributed by atoms with E-state index in [1.165, 1.54) is 5.56 Å². The molecule has 1 N–H and O–H groups in total. The van der Waals surface area contributed by atoms with E-state index in [1.807, 2.05) is 50.2 Å². The Morgan fingerprint density at radius 3 is 2.50 bits per heavy atom. The average molecular weight is 377 g/mol. The van der Waals surface area contributed by atoms with Gasteiger partial charge in [0.05, 0.1) is 18.2 Å². The summed E-state index contributed by atoms with van der Waals surface area (Å²) in [6.45, 7) is 9.15. The lowest BCUT2D eigenvalue weighted by atomic mass is 10.1. The van der Waals surface area contributed by atoms with Crippen LogP contribution in [0.2, 0.25) is 0 Å². The third-order valence-electron chi connectivity index (χ3n) is 5.20. The lowest BCUT2D eigenvalue weighted by Gasteiger charge is -2.21. The highest BCUT2D eigenvalue weighted by molar-refractivity contribution is 5.93. The fraction of sp³-hybridized carbons (Fsp3) is 0.391. The number of carbonyl (C=O) groups excluding carboxylic acids is 1. The van der Waals surface area contributed by atoms with Crippen LogP contribution < -0.4 is 5.32 Å². The first-order chi connectivity index (χ1) is 13.5. The van der Waals surface area contributed by atoms with Gasteiger partial charge in [0.25, 0.3) is 0 Å². The van der Waals surface area contributed by atoms with Gasteiger partial charge in [-0.3, -0.25) is 14.6 Å². The van der Waals surface area contributed by atoms with Crippen LogP contribution in [0, 0.1) is 25.2 Å².